The summed E-state index contributed by atoms with van der Waals surface area (Å²) in [7, 11) is 0. The number of nitrogens with zero attached hydrogens (tertiary/aromatic N) is 1. The van der Waals surface area contributed by atoms with E-state index in [1.165, 1.54) is 0 Å². The molecule has 3 aromatic carbocycles. The van der Waals surface area contributed by atoms with Crippen LogP contribution in [0.5, 0.6) is 11.5 Å². The smallest absolute Gasteiger partial charge is 0.163 e. The normalized spacial score (nSPS) is 14.2. The Morgan fingerprint density at radius 3 is 2.36 bits per heavy atom. The fourth-order valence-electron chi connectivity index (χ4n) is 4.45. The molecule has 1 aliphatic heterocycles. The summed E-state index contributed by atoms with van der Waals surface area (Å²) in [5.74, 6) is 1.43. The zero-order valence-electron chi connectivity index (χ0n) is 21.0. The number of aromatic nitrogens is 1. The molecule has 0 saturated heterocycles. The first kappa shape index (κ1) is 24.8. The van der Waals surface area contributed by atoms with Gasteiger partial charge in [0.2, 0.25) is 0 Å². The van der Waals surface area contributed by atoms with E-state index in [9.17, 15) is 4.79 Å². The average molecular weight is 522 g/mol. The number of hydrogen-bond donors (Lipinski definition) is 0. The van der Waals surface area contributed by atoms with Crippen LogP contribution in [0.15, 0.2) is 48.5 Å². The number of carbonyl (C=O) groups excluding carboxylic acids is 1. The van der Waals surface area contributed by atoms with Crippen molar-refractivity contribution >= 4 is 38.9 Å². The highest BCUT2D eigenvalue weighted by atomic mass is 35.5. The molecule has 36 heavy (non-hydrogen) atoms. The largest absolute Gasteiger partial charge is 0.486 e. The summed E-state index contributed by atoms with van der Waals surface area (Å²) in [5, 5.41) is 1.52. The molecule has 5 rings (SSSR count). The van der Waals surface area contributed by atoms with Crippen molar-refractivity contribution in [3.8, 4) is 33.2 Å². The van der Waals surface area contributed by atoms with Gasteiger partial charge in [0.1, 0.15) is 24.3 Å². The van der Waals surface area contributed by atoms with Crippen molar-refractivity contribution in [2.45, 2.75) is 46.3 Å². The molecule has 0 saturated carbocycles. The van der Waals surface area contributed by atoms with Crippen molar-refractivity contribution in [3.63, 3.8) is 0 Å². The molecule has 0 N–H and O–H groups in total. The first-order chi connectivity index (χ1) is 17.1. The van der Waals surface area contributed by atoms with E-state index in [1.807, 2.05) is 76.2 Å². The van der Waals surface area contributed by atoms with E-state index in [-0.39, 0.29) is 5.78 Å². The summed E-state index contributed by atoms with van der Waals surface area (Å²) in [4.78, 5) is 17.9. The van der Waals surface area contributed by atoms with Crippen molar-refractivity contribution in [1.82, 2.24) is 4.98 Å². The van der Waals surface area contributed by atoms with E-state index in [0.717, 1.165) is 54.5 Å². The molecule has 1 atom stereocenters. The van der Waals surface area contributed by atoms with Crippen LogP contribution < -0.4 is 9.47 Å². The molecule has 1 aromatic heterocycles. The Kier molecular flexibility index (Phi) is 6.54. The van der Waals surface area contributed by atoms with Crippen molar-refractivity contribution in [1.29, 1.82) is 0 Å². The lowest BCUT2D eigenvalue weighted by Gasteiger charge is -2.29. The second-order valence-electron chi connectivity index (χ2n) is 9.94. The van der Waals surface area contributed by atoms with E-state index in [4.69, 9.17) is 30.8 Å². The molecule has 0 unspecified atom stereocenters. The molecule has 0 radical (unpaired) electrons. The maximum Gasteiger partial charge on any atom is 0.163 e. The highest BCUT2D eigenvalue weighted by Gasteiger charge is 2.30. The summed E-state index contributed by atoms with van der Waals surface area (Å²) in [5.41, 5.74) is 5.06. The molecule has 0 fully saturated rings. The lowest BCUT2D eigenvalue weighted by atomic mass is 9.90. The highest BCUT2D eigenvalue weighted by Crippen LogP contribution is 2.45. The van der Waals surface area contributed by atoms with Gasteiger partial charge in [0.15, 0.2) is 17.3 Å². The quantitative estimate of drug-likeness (QED) is 0.268. The van der Waals surface area contributed by atoms with E-state index in [2.05, 4.69) is 0 Å². The fraction of sp³-hybridized carbons (Fsp3) is 0.310. The van der Waals surface area contributed by atoms with E-state index >= 15 is 0 Å². The van der Waals surface area contributed by atoms with Crippen LogP contribution in [0.3, 0.4) is 0 Å². The van der Waals surface area contributed by atoms with Crippen molar-refractivity contribution in [2.24, 2.45) is 0 Å². The molecule has 5 nitrogen and oxygen atoms in total. The van der Waals surface area contributed by atoms with E-state index in [0.29, 0.717) is 18.2 Å². The first-order valence-corrected chi connectivity index (χ1v) is 13.1. The van der Waals surface area contributed by atoms with Crippen LogP contribution >= 0.6 is 22.9 Å². The van der Waals surface area contributed by atoms with Gasteiger partial charge in [-0.3, -0.25) is 4.79 Å². The number of thiazole rings is 1. The third-order valence-corrected chi connectivity index (χ3v) is 7.34. The van der Waals surface area contributed by atoms with Gasteiger partial charge >= 0.3 is 0 Å². The van der Waals surface area contributed by atoms with Crippen molar-refractivity contribution in [2.75, 3.05) is 13.2 Å². The highest BCUT2D eigenvalue weighted by molar-refractivity contribution is 7.22. The zero-order valence-corrected chi connectivity index (χ0v) is 22.5. The second-order valence-corrected chi connectivity index (χ2v) is 11.4. The third kappa shape index (κ3) is 4.85. The van der Waals surface area contributed by atoms with Crippen LogP contribution in [-0.2, 0) is 9.53 Å². The average Bonchev–Trinajstić information content (AvgIpc) is 3.25. The number of ketones is 1. The minimum absolute atomic E-state index is 0.0424. The number of ether oxygens (including phenoxy) is 3. The molecule has 0 spiro atoms. The Hall–Kier alpha value is -2.93. The van der Waals surface area contributed by atoms with Gasteiger partial charge in [0.05, 0.1) is 15.8 Å². The Morgan fingerprint density at radius 2 is 1.69 bits per heavy atom. The van der Waals surface area contributed by atoms with E-state index < -0.39 is 11.7 Å². The van der Waals surface area contributed by atoms with Crippen molar-refractivity contribution in [3.05, 3.63) is 64.7 Å². The maximum absolute atomic E-state index is 12.9. The zero-order chi connectivity index (χ0) is 25.6. The van der Waals surface area contributed by atoms with Gasteiger partial charge in [-0.05, 0) is 82.1 Å². The minimum atomic E-state index is -0.708. The Bertz CT molecular complexity index is 1450. The summed E-state index contributed by atoms with van der Waals surface area (Å²) in [6.07, 6.45) is -0.708. The minimum Gasteiger partial charge on any atom is -0.486 e. The maximum atomic E-state index is 12.9. The van der Waals surface area contributed by atoms with Gasteiger partial charge in [0.25, 0.3) is 0 Å². The standard InChI is InChI=1S/C29H28ClNO4S/c1-16-14-21-27(36-28(31-21)19-8-11-22-23(15-19)34-13-12-33-22)25(18-6-9-20(30)10-7-18)24(16)26(17(2)32)35-29(3,4)5/h6-11,14-15,26H,12-13H2,1-5H3/t26-/m1/s1. The second kappa shape index (κ2) is 9.51. The lowest BCUT2D eigenvalue weighted by Crippen LogP contribution is -2.27. The van der Waals surface area contributed by atoms with Gasteiger partial charge < -0.3 is 14.2 Å². The van der Waals surface area contributed by atoms with Crippen LogP contribution in [-0.4, -0.2) is 29.6 Å². The predicted molar refractivity (Wildman–Crippen MR) is 145 cm³/mol. The summed E-state index contributed by atoms with van der Waals surface area (Å²) in [6, 6.07) is 15.6. The van der Waals surface area contributed by atoms with Crippen molar-refractivity contribution < 1.29 is 19.0 Å². The van der Waals surface area contributed by atoms with Gasteiger partial charge in [0, 0.05) is 21.7 Å². The monoisotopic (exact) mass is 521 g/mol. The van der Waals surface area contributed by atoms with Crippen LogP contribution in [0.1, 0.15) is 44.9 Å². The number of rotatable bonds is 5. The summed E-state index contributed by atoms with van der Waals surface area (Å²) in [6.45, 7) is 10.6. The number of benzene rings is 3. The molecular weight excluding hydrogens is 494 g/mol. The van der Waals surface area contributed by atoms with Gasteiger partial charge in [-0.2, -0.15) is 0 Å². The van der Waals surface area contributed by atoms with Gasteiger partial charge in [-0.1, -0.05) is 23.7 Å². The van der Waals surface area contributed by atoms with Crippen LogP contribution in [0.4, 0.5) is 0 Å². The van der Waals surface area contributed by atoms with Gasteiger partial charge in [-0.25, -0.2) is 4.98 Å². The Balaban J connectivity index is 1.75. The molecular formula is C29H28ClNO4S. The molecule has 0 bridgehead atoms. The topological polar surface area (TPSA) is 57.7 Å². The third-order valence-electron chi connectivity index (χ3n) is 5.95. The summed E-state index contributed by atoms with van der Waals surface area (Å²) >= 11 is 7.81. The molecule has 4 aromatic rings. The Labute approximate surface area is 220 Å². The number of Topliss-reactive ketones (excluding diaryl/α,β-unsaturated/α-hetero) is 1. The molecule has 1 aliphatic rings. The fourth-order valence-corrected chi connectivity index (χ4v) is 5.70. The van der Waals surface area contributed by atoms with E-state index in [1.54, 1.807) is 18.3 Å². The molecule has 186 valence electrons. The van der Waals surface area contributed by atoms with Gasteiger partial charge in [-0.15, -0.1) is 11.3 Å². The number of carbonyl (C=O) groups is 1. The summed E-state index contributed by atoms with van der Waals surface area (Å²) < 4.78 is 18.8. The number of aryl methyl sites for hydroxylation is 1. The van der Waals surface area contributed by atoms with Crippen LogP contribution in [0.25, 0.3) is 31.9 Å². The molecule has 2 heterocycles. The van der Waals surface area contributed by atoms with Crippen LogP contribution in [0.2, 0.25) is 5.02 Å². The molecule has 7 heteroatoms. The molecule has 0 aliphatic carbocycles. The van der Waals surface area contributed by atoms with Crippen LogP contribution in [0, 0.1) is 6.92 Å². The number of hydrogen-bond acceptors (Lipinski definition) is 6. The Morgan fingerprint density at radius 1 is 1.03 bits per heavy atom. The predicted octanol–water partition coefficient (Wildman–Crippen LogP) is 7.81. The number of fused-ring (bicyclic) bond motifs is 2. The molecule has 0 amide bonds. The first-order valence-electron chi connectivity index (χ1n) is 11.9. The SMILES string of the molecule is CC(=O)[C@@H](OC(C)(C)C)c1c(C)cc2nc(-c3ccc4c(c3)OCCO4)sc2c1-c1ccc(Cl)cc1. The number of halogens is 1. The lowest BCUT2D eigenvalue weighted by molar-refractivity contribution is -0.138.